The second kappa shape index (κ2) is 7.68. The van der Waals surface area contributed by atoms with Crippen LogP contribution in [0, 0.1) is 0 Å². The van der Waals surface area contributed by atoms with Gasteiger partial charge in [-0.1, -0.05) is 6.92 Å². The van der Waals surface area contributed by atoms with Gasteiger partial charge in [-0.25, -0.2) is 0 Å². The topological polar surface area (TPSA) is 87.6 Å². The Kier molecular flexibility index (Phi) is 6.18. The summed E-state index contributed by atoms with van der Waals surface area (Å²) < 4.78 is 10.8. The first kappa shape index (κ1) is 14.5. The second-order valence-electron chi connectivity index (χ2n) is 3.74. The minimum atomic E-state index is 0.0470. The number of rotatable bonds is 8. The predicted molar refractivity (Wildman–Crippen MR) is 70.2 cm³/mol. The van der Waals surface area contributed by atoms with Crippen molar-refractivity contribution in [2.45, 2.75) is 13.3 Å². The highest BCUT2D eigenvalue weighted by Gasteiger charge is 2.08. The quantitative estimate of drug-likeness (QED) is 0.673. The van der Waals surface area contributed by atoms with Crippen LogP contribution in [0.1, 0.15) is 23.7 Å². The summed E-state index contributed by atoms with van der Waals surface area (Å²) in [6.07, 6.45) is 0.441. The summed E-state index contributed by atoms with van der Waals surface area (Å²) in [7, 11) is 0. The van der Waals surface area contributed by atoms with Crippen molar-refractivity contribution in [3.05, 3.63) is 23.8 Å². The minimum Gasteiger partial charge on any atom is -0.492 e. The number of carbonyl (C=O) groups excluding carboxylic acids is 1. The zero-order chi connectivity index (χ0) is 13.4. The molecule has 0 unspecified atom stereocenters. The number of nitrogens with two attached hydrogens (primary N) is 2. The fourth-order valence-corrected chi connectivity index (χ4v) is 1.46. The van der Waals surface area contributed by atoms with Gasteiger partial charge in [-0.05, 0) is 12.1 Å². The van der Waals surface area contributed by atoms with E-state index in [1.54, 1.807) is 18.2 Å². The normalized spacial score (nSPS) is 10.2. The number of Topliss-reactive ketones (excluding diaryl/α,β-unsaturated/α-hetero) is 1. The lowest BCUT2D eigenvalue weighted by atomic mass is 10.1. The van der Waals surface area contributed by atoms with Gasteiger partial charge in [0.2, 0.25) is 0 Å². The van der Waals surface area contributed by atoms with Gasteiger partial charge in [0.1, 0.15) is 24.7 Å². The summed E-state index contributed by atoms with van der Waals surface area (Å²) in [6, 6.07) is 5.14. The molecular formula is C13H20N2O3. The number of carbonyl (C=O) groups is 1. The molecule has 0 amide bonds. The zero-order valence-electron chi connectivity index (χ0n) is 10.6. The Balaban J connectivity index is 2.91. The van der Waals surface area contributed by atoms with Crippen LogP contribution in [0.2, 0.25) is 0 Å². The summed E-state index contributed by atoms with van der Waals surface area (Å²) >= 11 is 0. The summed E-state index contributed by atoms with van der Waals surface area (Å²) in [5, 5.41) is 0. The standard InChI is InChI=1S/C13H20N2O3/c1-2-13(16)10-7-11(17-5-3-14)9-12(8-10)18-6-4-15/h7-9H,2-6,14-15H2,1H3. The monoisotopic (exact) mass is 252 g/mol. The largest absolute Gasteiger partial charge is 0.492 e. The lowest BCUT2D eigenvalue weighted by Gasteiger charge is -2.11. The van der Waals surface area contributed by atoms with Crippen molar-refractivity contribution in [2.24, 2.45) is 11.5 Å². The molecule has 0 bridgehead atoms. The molecule has 4 N–H and O–H groups in total. The summed E-state index contributed by atoms with van der Waals surface area (Å²) in [6.45, 7) is 3.46. The molecule has 18 heavy (non-hydrogen) atoms. The van der Waals surface area contributed by atoms with E-state index in [9.17, 15) is 4.79 Å². The molecule has 5 heteroatoms. The molecule has 0 saturated heterocycles. The van der Waals surface area contributed by atoms with Crippen molar-refractivity contribution < 1.29 is 14.3 Å². The Morgan fingerprint density at radius 2 is 1.56 bits per heavy atom. The minimum absolute atomic E-state index is 0.0470. The lowest BCUT2D eigenvalue weighted by Crippen LogP contribution is -2.12. The molecule has 0 aliphatic rings. The first-order chi connectivity index (χ1) is 8.71. The molecular weight excluding hydrogens is 232 g/mol. The van der Waals surface area contributed by atoms with Crippen molar-refractivity contribution in [3.63, 3.8) is 0 Å². The maximum atomic E-state index is 11.7. The van der Waals surface area contributed by atoms with Crippen LogP contribution in [0.25, 0.3) is 0 Å². The summed E-state index contributed by atoms with van der Waals surface area (Å²) in [4.78, 5) is 11.7. The zero-order valence-corrected chi connectivity index (χ0v) is 10.6. The van der Waals surface area contributed by atoms with E-state index in [2.05, 4.69) is 0 Å². The number of hydrogen-bond donors (Lipinski definition) is 2. The van der Waals surface area contributed by atoms with Gasteiger partial charge in [0.15, 0.2) is 5.78 Å². The van der Waals surface area contributed by atoms with Gasteiger partial charge in [-0.3, -0.25) is 4.79 Å². The average molecular weight is 252 g/mol. The molecule has 0 fully saturated rings. The van der Waals surface area contributed by atoms with Crippen LogP contribution in [0.4, 0.5) is 0 Å². The number of benzene rings is 1. The van der Waals surface area contributed by atoms with Crippen molar-refractivity contribution in [2.75, 3.05) is 26.3 Å². The van der Waals surface area contributed by atoms with Gasteiger partial charge in [0.05, 0.1) is 0 Å². The highest BCUT2D eigenvalue weighted by molar-refractivity contribution is 5.96. The van der Waals surface area contributed by atoms with Crippen LogP contribution in [-0.2, 0) is 0 Å². The SMILES string of the molecule is CCC(=O)c1cc(OCCN)cc(OCCN)c1. The van der Waals surface area contributed by atoms with E-state index in [0.717, 1.165) is 0 Å². The third-order valence-electron chi connectivity index (χ3n) is 2.30. The Bertz CT molecular complexity index is 368. The number of ketones is 1. The van der Waals surface area contributed by atoms with Crippen LogP contribution in [-0.4, -0.2) is 32.1 Å². The van der Waals surface area contributed by atoms with Crippen molar-refractivity contribution in [1.29, 1.82) is 0 Å². The van der Waals surface area contributed by atoms with Crippen molar-refractivity contribution >= 4 is 5.78 Å². The maximum absolute atomic E-state index is 11.7. The Hall–Kier alpha value is -1.59. The van der Waals surface area contributed by atoms with Gasteiger partial charge in [-0.15, -0.1) is 0 Å². The van der Waals surface area contributed by atoms with E-state index in [0.29, 0.717) is 49.8 Å². The molecule has 1 rings (SSSR count). The molecule has 0 radical (unpaired) electrons. The molecule has 1 aromatic carbocycles. The highest BCUT2D eigenvalue weighted by Crippen LogP contribution is 2.24. The number of ether oxygens (including phenoxy) is 2. The van der Waals surface area contributed by atoms with E-state index in [-0.39, 0.29) is 5.78 Å². The predicted octanol–water partition coefficient (Wildman–Crippen LogP) is 0.954. The van der Waals surface area contributed by atoms with E-state index < -0.39 is 0 Å². The fourth-order valence-electron chi connectivity index (χ4n) is 1.46. The lowest BCUT2D eigenvalue weighted by molar-refractivity contribution is 0.0987. The molecule has 0 saturated carbocycles. The second-order valence-corrected chi connectivity index (χ2v) is 3.74. The van der Waals surface area contributed by atoms with Gasteiger partial charge in [-0.2, -0.15) is 0 Å². The maximum Gasteiger partial charge on any atom is 0.162 e. The third kappa shape index (κ3) is 4.35. The number of hydrogen-bond acceptors (Lipinski definition) is 5. The molecule has 0 aliphatic carbocycles. The summed E-state index contributed by atoms with van der Waals surface area (Å²) in [5.41, 5.74) is 11.3. The Morgan fingerprint density at radius 1 is 1.06 bits per heavy atom. The van der Waals surface area contributed by atoms with E-state index >= 15 is 0 Å². The molecule has 0 aromatic heterocycles. The molecule has 0 heterocycles. The van der Waals surface area contributed by atoms with Crippen molar-refractivity contribution in [3.8, 4) is 11.5 Å². The van der Waals surface area contributed by atoms with Gasteiger partial charge >= 0.3 is 0 Å². The van der Waals surface area contributed by atoms with Crippen LogP contribution in [0.15, 0.2) is 18.2 Å². The van der Waals surface area contributed by atoms with Gasteiger partial charge in [0.25, 0.3) is 0 Å². The smallest absolute Gasteiger partial charge is 0.162 e. The molecule has 0 spiro atoms. The van der Waals surface area contributed by atoms with Crippen LogP contribution >= 0.6 is 0 Å². The Morgan fingerprint density at radius 3 is 1.94 bits per heavy atom. The fraction of sp³-hybridized carbons (Fsp3) is 0.462. The van der Waals surface area contributed by atoms with Crippen molar-refractivity contribution in [1.82, 2.24) is 0 Å². The van der Waals surface area contributed by atoms with E-state index in [1.165, 1.54) is 0 Å². The van der Waals surface area contributed by atoms with Gasteiger partial charge < -0.3 is 20.9 Å². The molecule has 0 aliphatic heterocycles. The third-order valence-corrected chi connectivity index (χ3v) is 2.30. The summed E-state index contributed by atoms with van der Waals surface area (Å²) in [5.74, 6) is 1.23. The van der Waals surface area contributed by atoms with E-state index in [1.807, 2.05) is 6.92 Å². The van der Waals surface area contributed by atoms with E-state index in [4.69, 9.17) is 20.9 Å². The average Bonchev–Trinajstić information content (AvgIpc) is 2.41. The van der Waals surface area contributed by atoms with Crippen LogP contribution in [0.5, 0.6) is 11.5 Å². The van der Waals surface area contributed by atoms with Crippen LogP contribution in [0.3, 0.4) is 0 Å². The highest BCUT2D eigenvalue weighted by atomic mass is 16.5. The molecule has 1 aromatic rings. The molecule has 5 nitrogen and oxygen atoms in total. The molecule has 100 valence electrons. The van der Waals surface area contributed by atoms with Crippen LogP contribution < -0.4 is 20.9 Å². The first-order valence-corrected chi connectivity index (χ1v) is 6.05. The Labute approximate surface area is 107 Å². The molecule has 0 atom stereocenters. The van der Waals surface area contributed by atoms with Gasteiger partial charge in [0, 0.05) is 31.1 Å². The first-order valence-electron chi connectivity index (χ1n) is 6.05.